The number of aryl methyl sites for hydroxylation is 1. The number of carboxylic acid groups (broad SMARTS) is 1. The van der Waals surface area contributed by atoms with Crippen molar-refractivity contribution in [1.29, 1.82) is 0 Å². The zero-order valence-electron chi connectivity index (χ0n) is 10.2. The predicted octanol–water partition coefficient (Wildman–Crippen LogP) is 4.03. The molecule has 0 saturated heterocycles. The Kier molecular flexibility index (Phi) is 3.20. The maximum atomic E-state index is 11.4. The van der Waals surface area contributed by atoms with Gasteiger partial charge >= 0.3 is 5.97 Å². The number of hydrogen-bond donors (Lipinski definition) is 1. The summed E-state index contributed by atoms with van der Waals surface area (Å²) in [5.41, 5.74) is 1.12. The third kappa shape index (κ3) is 2.07. The molecule has 1 aromatic heterocycles. The molecule has 1 aromatic carbocycles. The van der Waals surface area contributed by atoms with Crippen molar-refractivity contribution < 1.29 is 9.90 Å². The van der Waals surface area contributed by atoms with E-state index in [1.807, 2.05) is 32.9 Å². The molecule has 0 radical (unpaired) electrons. The fourth-order valence-electron chi connectivity index (χ4n) is 2.19. The molecule has 2 nitrogen and oxygen atoms in total. The lowest BCUT2D eigenvalue weighted by Gasteiger charge is -2.15. The topological polar surface area (TPSA) is 37.3 Å². The fraction of sp³-hybridized carbons (Fsp3) is 0.357. The van der Waals surface area contributed by atoms with Crippen LogP contribution in [-0.4, -0.2) is 11.1 Å². The predicted molar refractivity (Wildman–Crippen MR) is 71.8 cm³/mol. The van der Waals surface area contributed by atoms with Gasteiger partial charge in [-0.25, -0.2) is 0 Å². The van der Waals surface area contributed by atoms with Crippen molar-refractivity contribution in [3.05, 3.63) is 34.7 Å². The van der Waals surface area contributed by atoms with E-state index in [0.29, 0.717) is 0 Å². The average Bonchev–Trinajstić information content (AvgIpc) is 2.56. The van der Waals surface area contributed by atoms with Crippen LogP contribution in [0.3, 0.4) is 0 Å². The molecule has 17 heavy (non-hydrogen) atoms. The second kappa shape index (κ2) is 4.49. The highest BCUT2D eigenvalue weighted by Crippen LogP contribution is 2.38. The van der Waals surface area contributed by atoms with Crippen LogP contribution in [0.4, 0.5) is 0 Å². The van der Waals surface area contributed by atoms with Crippen molar-refractivity contribution in [3.8, 4) is 0 Å². The normalized spacial score (nSPS) is 13.2. The molecule has 0 bridgehead atoms. The van der Waals surface area contributed by atoms with Crippen molar-refractivity contribution >= 4 is 27.4 Å². The highest BCUT2D eigenvalue weighted by molar-refractivity contribution is 7.19. The molecule has 0 fully saturated rings. The maximum Gasteiger partial charge on any atom is 0.312 e. The zero-order valence-corrected chi connectivity index (χ0v) is 11.0. The van der Waals surface area contributed by atoms with Gasteiger partial charge in [-0.15, -0.1) is 11.3 Å². The number of thiophene rings is 1. The molecule has 1 heterocycles. The van der Waals surface area contributed by atoms with Crippen LogP contribution in [0, 0.1) is 12.8 Å². The minimum absolute atomic E-state index is 0.110. The van der Waals surface area contributed by atoms with Crippen molar-refractivity contribution in [2.75, 3.05) is 0 Å². The van der Waals surface area contributed by atoms with E-state index in [1.54, 1.807) is 11.3 Å². The van der Waals surface area contributed by atoms with E-state index in [4.69, 9.17) is 0 Å². The summed E-state index contributed by atoms with van der Waals surface area (Å²) in [4.78, 5) is 12.4. The highest BCUT2D eigenvalue weighted by Gasteiger charge is 2.27. The third-order valence-corrected chi connectivity index (χ3v) is 4.45. The van der Waals surface area contributed by atoms with Crippen molar-refractivity contribution in [2.45, 2.75) is 26.7 Å². The number of rotatable bonds is 3. The molecule has 1 N–H and O–H groups in total. The molecule has 90 valence electrons. The number of fused-ring (bicyclic) bond motifs is 1. The van der Waals surface area contributed by atoms with Crippen molar-refractivity contribution in [3.63, 3.8) is 0 Å². The maximum absolute atomic E-state index is 11.4. The number of carbonyl (C=O) groups is 1. The first-order valence-electron chi connectivity index (χ1n) is 5.73. The molecule has 2 aromatic rings. The Morgan fingerprint density at radius 3 is 2.47 bits per heavy atom. The van der Waals surface area contributed by atoms with Crippen molar-refractivity contribution in [1.82, 2.24) is 0 Å². The summed E-state index contributed by atoms with van der Waals surface area (Å²) >= 11 is 1.61. The van der Waals surface area contributed by atoms with Gasteiger partial charge in [0.15, 0.2) is 0 Å². The Labute approximate surface area is 105 Å². The molecule has 2 rings (SSSR count). The highest BCUT2D eigenvalue weighted by atomic mass is 32.1. The molecule has 1 unspecified atom stereocenters. The number of benzene rings is 1. The van der Waals surface area contributed by atoms with Gasteiger partial charge in [-0.3, -0.25) is 4.79 Å². The van der Waals surface area contributed by atoms with E-state index < -0.39 is 11.9 Å². The fourth-order valence-corrected chi connectivity index (χ4v) is 3.67. The third-order valence-electron chi connectivity index (χ3n) is 3.10. The van der Waals surface area contributed by atoms with E-state index in [2.05, 4.69) is 12.1 Å². The van der Waals surface area contributed by atoms with Gasteiger partial charge in [0.05, 0.1) is 5.92 Å². The minimum Gasteiger partial charge on any atom is -0.481 e. The Morgan fingerprint density at radius 1 is 1.29 bits per heavy atom. The van der Waals surface area contributed by atoms with Crippen LogP contribution in [0.25, 0.3) is 10.1 Å². The summed E-state index contributed by atoms with van der Waals surface area (Å²) in [5.74, 6) is -1.01. The van der Waals surface area contributed by atoms with Gasteiger partial charge in [0.1, 0.15) is 0 Å². The van der Waals surface area contributed by atoms with E-state index in [0.717, 1.165) is 10.4 Å². The van der Waals surface area contributed by atoms with Gasteiger partial charge in [-0.05, 0) is 29.9 Å². The van der Waals surface area contributed by atoms with Crippen LogP contribution in [0.5, 0.6) is 0 Å². The molecule has 0 saturated carbocycles. The second-order valence-corrected chi connectivity index (χ2v) is 5.73. The van der Waals surface area contributed by atoms with E-state index in [-0.39, 0.29) is 5.92 Å². The monoisotopic (exact) mass is 248 g/mol. The second-order valence-electron chi connectivity index (χ2n) is 4.65. The number of carboxylic acids is 1. The molecule has 0 aliphatic heterocycles. The van der Waals surface area contributed by atoms with Crippen molar-refractivity contribution in [2.24, 2.45) is 5.92 Å². The van der Waals surface area contributed by atoms with Gasteiger partial charge in [-0.1, -0.05) is 32.0 Å². The van der Waals surface area contributed by atoms with Gasteiger partial charge < -0.3 is 5.11 Å². The van der Waals surface area contributed by atoms with Crippen LogP contribution >= 0.6 is 11.3 Å². The summed E-state index contributed by atoms with van der Waals surface area (Å²) in [6.07, 6.45) is 0. The lowest BCUT2D eigenvalue weighted by atomic mass is 9.92. The van der Waals surface area contributed by atoms with E-state index in [9.17, 15) is 9.90 Å². The lowest BCUT2D eigenvalue weighted by Crippen LogP contribution is -2.17. The average molecular weight is 248 g/mol. The van der Waals surface area contributed by atoms with Gasteiger partial charge in [0, 0.05) is 9.58 Å². The largest absolute Gasteiger partial charge is 0.481 e. The molecule has 0 amide bonds. The standard InChI is InChI=1S/C14H16O2S/c1-8(2)12(14(15)16)13-9(3)10-6-4-5-7-11(10)17-13/h4-8,12H,1-3H3,(H,15,16). The van der Waals surface area contributed by atoms with Crippen LogP contribution in [0.1, 0.15) is 30.2 Å². The first-order chi connectivity index (χ1) is 8.02. The van der Waals surface area contributed by atoms with Crippen LogP contribution in [0.2, 0.25) is 0 Å². The summed E-state index contributed by atoms with van der Waals surface area (Å²) in [5, 5.41) is 10.5. The Morgan fingerprint density at radius 2 is 1.94 bits per heavy atom. The molecule has 0 spiro atoms. The van der Waals surface area contributed by atoms with Crippen LogP contribution < -0.4 is 0 Å². The molecule has 0 aliphatic rings. The first-order valence-corrected chi connectivity index (χ1v) is 6.55. The number of hydrogen-bond acceptors (Lipinski definition) is 2. The smallest absolute Gasteiger partial charge is 0.312 e. The molecule has 1 atom stereocenters. The molecule has 3 heteroatoms. The SMILES string of the molecule is Cc1c(C(C(=O)O)C(C)C)sc2ccccc12. The summed E-state index contributed by atoms with van der Waals surface area (Å²) < 4.78 is 1.17. The number of aliphatic carboxylic acids is 1. The van der Waals surface area contributed by atoms with E-state index in [1.165, 1.54) is 10.1 Å². The lowest BCUT2D eigenvalue weighted by molar-refractivity contribution is -0.139. The summed E-state index contributed by atoms with van der Waals surface area (Å²) in [6.45, 7) is 5.94. The van der Waals surface area contributed by atoms with Gasteiger partial charge in [0.25, 0.3) is 0 Å². The Hall–Kier alpha value is -1.35. The van der Waals surface area contributed by atoms with Crippen LogP contribution in [-0.2, 0) is 4.79 Å². The van der Waals surface area contributed by atoms with Crippen LogP contribution in [0.15, 0.2) is 24.3 Å². The van der Waals surface area contributed by atoms with Gasteiger partial charge in [-0.2, -0.15) is 0 Å². The first kappa shape index (κ1) is 12.1. The Balaban J connectivity index is 2.61. The Bertz CT molecular complexity index is 554. The molecular weight excluding hydrogens is 232 g/mol. The van der Waals surface area contributed by atoms with Gasteiger partial charge in [0.2, 0.25) is 0 Å². The molecule has 0 aliphatic carbocycles. The summed E-state index contributed by atoms with van der Waals surface area (Å²) in [7, 11) is 0. The summed E-state index contributed by atoms with van der Waals surface area (Å²) in [6, 6.07) is 8.10. The molecular formula is C14H16O2S. The zero-order chi connectivity index (χ0) is 12.6. The minimum atomic E-state index is -0.727. The quantitative estimate of drug-likeness (QED) is 0.890. The van der Waals surface area contributed by atoms with E-state index >= 15 is 0 Å².